The molecule has 0 bridgehead atoms. The highest BCUT2D eigenvalue weighted by Crippen LogP contribution is 2.00. The Morgan fingerprint density at radius 2 is 2.18 bits per heavy atom. The molecule has 0 aliphatic rings. The number of thioether (sulfide) groups is 2. The standard InChI is InChI=1S/C15H25N3OS2.HI/c1-3-11-21-13-9-18-15(17-8-12-20-2)16-7-6-14-5-4-10-19-14;/h3-5,10H,1,6-9,11-13H2,2H3,(H2,16,17,18);1H. The van der Waals surface area contributed by atoms with Gasteiger partial charge in [-0.1, -0.05) is 6.08 Å². The highest BCUT2D eigenvalue weighted by molar-refractivity contribution is 14.0. The van der Waals surface area contributed by atoms with E-state index in [9.17, 15) is 0 Å². The highest BCUT2D eigenvalue weighted by atomic mass is 127. The summed E-state index contributed by atoms with van der Waals surface area (Å²) in [5, 5.41) is 6.70. The lowest BCUT2D eigenvalue weighted by Crippen LogP contribution is -2.39. The Hall–Kier alpha value is -0.280. The Morgan fingerprint density at radius 3 is 2.86 bits per heavy atom. The molecule has 1 aromatic heterocycles. The first-order valence-corrected chi connectivity index (χ1v) is 9.63. The number of guanidine groups is 1. The first-order chi connectivity index (χ1) is 10.4. The molecule has 0 aliphatic carbocycles. The number of hydrogen-bond donors (Lipinski definition) is 2. The van der Waals surface area contributed by atoms with Gasteiger partial charge in [0, 0.05) is 36.8 Å². The molecule has 0 spiro atoms. The van der Waals surface area contributed by atoms with Gasteiger partial charge in [0.25, 0.3) is 0 Å². The van der Waals surface area contributed by atoms with E-state index >= 15 is 0 Å². The Kier molecular flexibility index (Phi) is 15.4. The first kappa shape index (κ1) is 21.7. The minimum absolute atomic E-state index is 0. The fourth-order valence-electron chi connectivity index (χ4n) is 1.59. The van der Waals surface area contributed by atoms with Crippen LogP contribution in [-0.2, 0) is 6.42 Å². The van der Waals surface area contributed by atoms with Crippen molar-refractivity contribution >= 4 is 53.5 Å². The van der Waals surface area contributed by atoms with Crippen LogP contribution in [0.2, 0.25) is 0 Å². The van der Waals surface area contributed by atoms with Crippen LogP contribution in [0.25, 0.3) is 0 Å². The molecule has 0 aromatic carbocycles. The fraction of sp³-hybridized carbons (Fsp3) is 0.533. The van der Waals surface area contributed by atoms with Crippen LogP contribution in [0.1, 0.15) is 5.76 Å². The summed E-state index contributed by atoms with van der Waals surface area (Å²) >= 11 is 3.67. The Balaban J connectivity index is 0.00000441. The van der Waals surface area contributed by atoms with E-state index in [4.69, 9.17) is 4.42 Å². The van der Waals surface area contributed by atoms with Crippen molar-refractivity contribution in [2.45, 2.75) is 6.42 Å². The third-order valence-electron chi connectivity index (χ3n) is 2.58. The van der Waals surface area contributed by atoms with E-state index in [2.05, 4.69) is 28.5 Å². The summed E-state index contributed by atoms with van der Waals surface area (Å²) in [4.78, 5) is 4.59. The fourth-order valence-corrected chi connectivity index (χ4v) is 2.45. The van der Waals surface area contributed by atoms with E-state index in [0.717, 1.165) is 55.0 Å². The molecule has 0 atom stereocenters. The molecule has 0 aliphatic heterocycles. The van der Waals surface area contributed by atoms with Crippen LogP contribution in [-0.4, -0.2) is 49.1 Å². The molecule has 0 radical (unpaired) electrons. The predicted molar refractivity (Wildman–Crippen MR) is 112 cm³/mol. The minimum atomic E-state index is 0. The quantitative estimate of drug-likeness (QED) is 0.176. The Morgan fingerprint density at radius 1 is 1.36 bits per heavy atom. The SMILES string of the molecule is C=CCSCCN=C(NCCSC)NCCc1ccco1.I. The molecule has 7 heteroatoms. The van der Waals surface area contributed by atoms with Crippen molar-refractivity contribution in [3.05, 3.63) is 36.8 Å². The second-order valence-corrected chi connectivity index (χ2v) is 6.41. The van der Waals surface area contributed by atoms with Crippen molar-refractivity contribution in [1.82, 2.24) is 10.6 Å². The Bertz CT molecular complexity index is 400. The number of hydrogen-bond acceptors (Lipinski definition) is 4. The molecule has 0 fully saturated rings. The van der Waals surface area contributed by atoms with Crippen molar-refractivity contribution in [2.75, 3.05) is 43.1 Å². The highest BCUT2D eigenvalue weighted by Gasteiger charge is 2.00. The molecule has 1 heterocycles. The van der Waals surface area contributed by atoms with Crippen LogP contribution in [0.15, 0.2) is 40.5 Å². The van der Waals surface area contributed by atoms with Crippen molar-refractivity contribution in [3.8, 4) is 0 Å². The predicted octanol–water partition coefficient (Wildman–Crippen LogP) is 3.26. The number of nitrogens with zero attached hydrogens (tertiary/aromatic N) is 1. The zero-order valence-electron chi connectivity index (χ0n) is 13.0. The van der Waals surface area contributed by atoms with Crippen molar-refractivity contribution in [1.29, 1.82) is 0 Å². The number of aliphatic imine (C=N–C) groups is 1. The molecule has 2 N–H and O–H groups in total. The summed E-state index contributed by atoms with van der Waals surface area (Å²) in [6, 6.07) is 3.91. The van der Waals surface area contributed by atoms with Crippen molar-refractivity contribution in [3.63, 3.8) is 0 Å². The molecule has 0 saturated heterocycles. The van der Waals surface area contributed by atoms with Gasteiger partial charge in [-0.05, 0) is 18.4 Å². The summed E-state index contributed by atoms with van der Waals surface area (Å²) in [5.41, 5.74) is 0. The average Bonchev–Trinajstić information content (AvgIpc) is 3.00. The lowest BCUT2D eigenvalue weighted by Gasteiger charge is -2.11. The van der Waals surface area contributed by atoms with Crippen molar-refractivity contribution in [2.24, 2.45) is 4.99 Å². The Labute approximate surface area is 159 Å². The molecule has 126 valence electrons. The third kappa shape index (κ3) is 11.3. The normalized spacial score (nSPS) is 10.9. The summed E-state index contributed by atoms with van der Waals surface area (Å²) in [6.07, 6.45) is 6.60. The van der Waals surface area contributed by atoms with Gasteiger partial charge in [-0.2, -0.15) is 23.5 Å². The van der Waals surface area contributed by atoms with Gasteiger partial charge in [-0.3, -0.25) is 4.99 Å². The molecule has 1 aromatic rings. The summed E-state index contributed by atoms with van der Waals surface area (Å²) in [7, 11) is 0. The second-order valence-electron chi connectivity index (χ2n) is 4.27. The lowest BCUT2D eigenvalue weighted by atomic mass is 10.3. The average molecular weight is 455 g/mol. The number of rotatable bonds is 11. The molecule has 0 unspecified atom stereocenters. The zero-order valence-corrected chi connectivity index (χ0v) is 17.0. The zero-order chi connectivity index (χ0) is 15.2. The van der Waals surface area contributed by atoms with Gasteiger partial charge in [0.2, 0.25) is 0 Å². The molecular weight excluding hydrogens is 429 g/mol. The monoisotopic (exact) mass is 455 g/mol. The van der Waals surface area contributed by atoms with E-state index in [-0.39, 0.29) is 24.0 Å². The van der Waals surface area contributed by atoms with E-state index in [1.54, 1.807) is 6.26 Å². The first-order valence-electron chi connectivity index (χ1n) is 7.09. The summed E-state index contributed by atoms with van der Waals surface area (Å²) in [5.74, 6) is 4.95. The van der Waals surface area contributed by atoms with Gasteiger partial charge in [0.05, 0.1) is 12.8 Å². The van der Waals surface area contributed by atoms with Crippen LogP contribution < -0.4 is 10.6 Å². The molecule has 4 nitrogen and oxygen atoms in total. The largest absolute Gasteiger partial charge is 0.469 e. The van der Waals surface area contributed by atoms with Crippen LogP contribution in [0.5, 0.6) is 0 Å². The van der Waals surface area contributed by atoms with Gasteiger partial charge in [0.1, 0.15) is 5.76 Å². The maximum atomic E-state index is 5.32. The van der Waals surface area contributed by atoms with E-state index in [0.29, 0.717) is 0 Å². The molecule has 1 rings (SSSR count). The molecular formula is C15H26IN3OS2. The summed E-state index contributed by atoms with van der Waals surface area (Å²) < 4.78 is 5.32. The van der Waals surface area contributed by atoms with Crippen LogP contribution in [0, 0.1) is 0 Å². The smallest absolute Gasteiger partial charge is 0.191 e. The minimum Gasteiger partial charge on any atom is -0.469 e. The number of halogens is 1. The van der Waals surface area contributed by atoms with Gasteiger partial charge in [0.15, 0.2) is 5.96 Å². The van der Waals surface area contributed by atoms with Crippen LogP contribution >= 0.6 is 47.5 Å². The van der Waals surface area contributed by atoms with Crippen molar-refractivity contribution < 1.29 is 4.42 Å². The molecule has 0 saturated carbocycles. The van der Waals surface area contributed by atoms with E-state index < -0.39 is 0 Å². The second kappa shape index (κ2) is 15.6. The van der Waals surface area contributed by atoms with E-state index in [1.807, 2.05) is 41.7 Å². The lowest BCUT2D eigenvalue weighted by molar-refractivity contribution is 0.507. The van der Waals surface area contributed by atoms with Crippen LogP contribution in [0.4, 0.5) is 0 Å². The maximum Gasteiger partial charge on any atom is 0.191 e. The topological polar surface area (TPSA) is 49.6 Å². The molecule has 22 heavy (non-hydrogen) atoms. The number of nitrogens with one attached hydrogen (secondary N) is 2. The van der Waals surface area contributed by atoms with Crippen LogP contribution in [0.3, 0.4) is 0 Å². The van der Waals surface area contributed by atoms with Gasteiger partial charge in [-0.15, -0.1) is 30.6 Å². The van der Waals surface area contributed by atoms with E-state index in [1.165, 1.54) is 0 Å². The van der Waals surface area contributed by atoms with Gasteiger partial charge >= 0.3 is 0 Å². The molecule has 0 amide bonds. The number of furan rings is 1. The van der Waals surface area contributed by atoms with Gasteiger partial charge in [-0.25, -0.2) is 0 Å². The van der Waals surface area contributed by atoms with Gasteiger partial charge < -0.3 is 15.1 Å². The summed E-state index contributed by atoms with van der Waals surface area (Å²) in [6.45, 7) is 6.27. The third-order valence-corrected chi connectivity index (χ3v) is 4.14. The maximum absolute atomic E-state index is 5.32.